The molecule has 2 rings (SSSR count). The molecule has 1 saturated carbocycles. The lowest BCUT2D eigenvalue weighted by Crippen LogP contribution is -2.31. The zero-order valence-electron chi connectivity index (χ0n) is 10.5. The fourth-order valence-corrected chi connectivity index (χ4v) is 4.09. The van der Waals surface area contributed by atoms with Crippen molar-refractivity contribution in [3.8, 4) is 0 Å². The summed E-state index contributed by atoms with van der Waals surface area (Å²) >= 11 is 1.45. The molecule has 100 valence electrons. The van der Waals surface area contributed by atoms with Crippen molar-refractivity contribution >= 4 is 11.8 Å². The normalized spacial score (nSPS) is 28.3. The highest BCUT2D eigenvalue weighted by atomic mass is 32.2. The highest BCUT2D eigenvalue weighted by molar-refractivity contribution is 8.00. The maximum atomic E-state index is 13.6. The summed E-state index contributed by atoms with van der Waals surface area (Å²) in [6.45, 7) is 2.84. The van der Waals surface area contributed by atoms with Crippen LogP contribution >= 0.6 is 11.8 Å². The van der Waals surface area contributed by atoms with Crippen LogP contribution in [0.3, 0.4) is 0 Å². The predicted molar refractivity (Wildman–Crippen MR) is 71.6 cm³/mol. The van der Waals surface area contributed by atoms with Crippen molar-refractivity contribution in [2.75, 3.05) is 6.54 Å². The first-order valence-corrected chi connectivity index (χ1v) is 7.30. The van der Waals surface area contributed by atoms with Crippen molar-refractivity contribution in [1.82, 2.24) is 0 Å². The Kier molecular flexibility index (Phi) is 4.62. The number of halogens is 2. The second kappa shape index (κ2) is 6.02. The minimum Gasteiger partial charge on any atom is -0.330 e. The number of hydrogen-bond donors (Lipinski definition) is 1. The molecule has 0 aromatic heterocycles. The minimum absolute atomic E-state index is 0.301. The lowest BCUT2D eigenvalue weighted by molar-refractivity contribution is 0.306. The molecule has 0 amide bonds. The molecule has 0 bridgehead atoms. The number of benzene rings is 1. The van der Waals surface area contributed by atoms with Crippen molar-refractivity contribution < 1.29 is 8.78 Å². The molecule has 4 heteroatoms. The van der Waals surface area contributed by atoms with Gasteiger partial charge in [-0.25, -0.2) is 8.78 Å². The zero-order valence-corrected chi connectivity index (χ0v) is 11.4. The molecule has 3 atom stereocenters. The Morgan fingerprint density at radius 1 is 1.33 bits per heavy atom. The second-order valence-electron chi connectivity index (χ2n) is 5.15. The zero-order chi connectivity index (χ0) is 13.1. The van der Waals surface area contributed by atoms with E-state index >= 15 is 0 Å². The standard InChI is InChI=1S/C14H19F2NS/c1-9-2-3-10(8-17)13(6-9)18-14-7-11(15)4-5-12(14)16/h4-5,7,9-10,13H,2-3,6,8,17H2,1H3. The van der Waals surface area contributed by atoms with Crippen LogP contribution in [-0.2, 0) is 0 Å². The summed E-state index contributed by atoms with van der Waals surface area (Å²) in [6.07, 6.45) is 3.30. The van der Waals surface area contributed by atoms with E-state index in [4.69, 9.17) is 5.73 Å². The van der Waals surface area contributed by atoms with Gasteiger partial charge >= 0.3 is 0 Å². The van der Waals surface area contributed by atoms with Crippen LogP contribution < -0.4 is 5.73 Å². The van der Waals surface area contributed by atoms with Gasteiger partial charge in [-0.1, -0.05) is 13.3 Å². The van der Waals surface area contributed by atoms with Gasteiger partial charge in [-0.3, -0.25) is 0 Å². The average molecular weight is 271 g/mol. The summed E-state index contributed by atoms with van der Waals surface area (Å²) in [7, 11) is 0. The highest BCUT2D eigenvalue weighted by Crippen LogP contribution is 2.40. The molecule has 1 nitrogen and oxygen atoms in total. The van der Waals surface area contributed by atoms with E-state index < -0.39 is 0 Å². The van der Waals surface area contributed by atoms with Crippen LogP contribution in [0, 0.1) is 23.5 Å². The monoisotopic (exact) mass is 271 g/mol. The Morgan fingerprint density at radius 2 is 2.11 bits per heavy atom. The topological polar surface area (TPSA) is 26.0 Å². The van der Waals surface area contributed by atoms with Gasteiger partial charge in [0.1, 0.15) is 11.6 Å². The van der Waals surface area contributed by atoms with Gasteiger partial charge < -0.3 is 5.73 Å². The summed E-state index contributed by atoms with van der Waals surface area (Å²) in [5.41, 5.74) is 5.78. The smallest absolute Gasteiger partial charge is 0.136 e. The van der Waals surface area contributed by atoms with Crippen LogP contribution in [0.4, 0.5) is 8.78 Å². The summed E-state index contributed by atoms with van der Waals surface area (Å²) in [4.78, 5) is 0.410. The maximum Gasteiger partial charge on any atom is 0.136 e. The molecule has 0 radical (unpaired) electrons. The number of rotatable bonds is 3. The molecule has 0 spiro atoms. The number of hydrogen-bond acceptors (Lipinski definition) is 2. The maximum absolute atomic E-state index is 13.6. The lowest BCUT2D eigenvalue weighted by atomic mass is 9.82. The quantitative estimate of drug-likeness (QED) is 0.904. The average Bonchev–Trinajstić information content (AvgIpc) is 2.34. The fraction of sp³-hybridized carbons (Fsp3) is 0.571. The van der Waals surface area contributed by atoms with Crippen LogP contribution in [0.15, 0.2) is 23.1 Å². The molecule has 0 aliphatic heterocycles. The Balaban J connectivity index is 2.12. The largest absolute Gasteiger partial charge is 0.330 e. The second-order valence-corrected chi connectivity index (χ2v) is 6.43. The first-order chi connectivity index (χ1) is 8.60. The van der Waals surface area contributed by atoms with E-state index in [9.17, 15) is 8.78 Å². The Labute approximate surface area is 111 Å². The lowest BCUT2D eigenvalue weighted by Gasteiger charge is -2.33. The molecule has 1 aliphatic carbocycles. The van der Waals surface area contributed by atoms with Crippen LogP contribution in [-0.4, -0.2) is 11.8 Å². The van der Waals surface area contributed by atoms with Gasteiger partial charge in [-0.15, -0.1) is 11.8 Å². The third-order valence-electron chi connectivity index (χ3n) is 3.67. The van der Waals surface area contributed by atoms with Crippen LogP contribution in [0.2, 0.25) is 0 Å². The van der Waals surface area contributed by atoms with Crippen molar-refractivity contribution in [2.45, 2.75) is 36.3 Å². The molecule has 1 aromatic carbocycles. The SMILES string of the molecule is CC1CCC(CN)C(Sc2cc(F)ccc2F)C1. The molecule has 1 aliphatic rings. The van der Waals surface area contributed by atoms with Crippen molar-refractivity contribution in [2.24, 2.45) is 17.6 Å². The summed E-state index contributed by atoms with van der Waals surface area (Å²) in [5, 5.41) is 0.301. The Morgan fingerprint density at radius 3 is 2.83 bits per heavy atom. The molecule has 1 fully saturated rings. The Bertz CT molecular complexity index is 411. The van der Waals surface area contributed by atoms with Gasteiger partial charge in [-0.05, 0) is 49.4 Å². The van der Waals surface area contributed by atoms with Crippen LogP contribution in [0.5, 0.6) is 0 Å². The third-order valence-corrected chi connectivity index (χ3v) is 5.11. The predicted octanol–water partition coefficient (Wildman–Crippen LogP) is 3.82. The van der Waals surface area contributed by atoms with E-state index in [1.165, 1.54) is 30.3 Å². The van der Waals surface area contributed by atoms with E-state index in [0.717, 1.165) is 18.9 Å². The van der Waals surface area contributed by atoms with Gasteiger partial charge in [0, 0.05) is 10.1 Å². The van der Waals surface area contributed by atoms with Gasteiger partial charge in [0.15, 0.2) is 0 Å². The molecule has 18 heavy (non-hydrogen) atoms. The summed E-state index contributed by atoms with van der Waals surface area (Å²) in [5.74, 6) is 0.332. The van der Waals surface area contributed by atoms with Crippen LogP contribution in [0.1, 0.15) is 26.2 Å². The summed E-state index contributed by atoms with van der Waals surface area (Å²) in [6, 6.07) is 3.64. The number of thioether (sulfide) groups is 1. The highest BCUT2D eigenvalue weighted by Gasteiger charge is 2.29. The first-order valence-electron chi connectivity index (χ1n) is 6.42. The summed E-state index contributed by atoms with van der Waals surface area (Å²) < 4.78 is 26.8. The van der Waals surface area contributed by atoms with E-state index in [-0.39, 0.29) is 11.6 Å². The number of nitrogens with two attached hydrogens (primary N) is 1. The molecule has 0 saturated heterocycles. The Hall–Kier alpha value is -0.610. The van der Waals surface area contributed by atoms with E-state index in [2.05, 4.69) is 6.92 Å². The van der Waals surface area contributed by atoms with Gasteiger partial charge in [-0.2, -0.15) is 0 Å². The third kappa shape index (κ3) is 3.23. The van der Waals surface area contributed by atoms with Crippen LogP contribution in [0.25, 0.3) is 0 Å². The van der Waals surface area contributed by atoms with Gasteiger partial charge in [0.25, 0.3) is 0 Å². The van der Waals surface area contributed by atoms with E-state index in [1.807, 2.05) is 0 Å². The van der Waals surface area contributed by atoms with Gasteiger partial charge in [0.05, 0.1) is 0 Å². The van der Waals surface area contributed by atoms with Crippen molar-refractivity contribution in [3.05, 3.63) is 29.8 Å². The molecule has 1 aromatic rings. The van der Waals surface area contributed by atoms with Gasteiger partial charge in [0.2, 0.25) is 0 Å². The molecule has 2 N–H and O–H groups in total. The molecule has 0 heterocycles. The fourth-order valence-electron chi connectivity index (χ4n) is 2.54. The first kappa shape index (κ1) is 13.8. The molecular formula is C14H19F2NS. The van der Waals surface area contributed by atoms with Crippen molar-refractivity contribution in [3.63, 3.8) is 0 Å². The molecular weight excluding hydrogens is 252 g/mol. The minimum atomic E-state index is -0.382. The molecule has 3 unspecified atom stereocenters. The van der Waals surface area contributed by atoms with E-state index in [0.29, 0.717) is 28.5 Å². The van der Waals surface area contributed by atoms with E-state index in [1.54, 1.807) is 0 Å². The van der Waals surface area contributed by atoms with Crippen molar-refractivity contribution in [1.29, 1.82) is 0 Å².